The van der Waals surface area contributed by atoms with Gasteiger partial charge < -0.3 is 10.1 Å². The Morgan fingerprint density at radius 1 is 1.03 bits per heavy atom. The summed E-state index contributed by atoms with van der Waals surface area (Å²) < 4.78 is 8.58. The first kappa shape index (κ1) is 20.4. The van der Waals surface area contributed by atoms with Gasteiger partial charge in [0, 0.05) is 30.6 Å². The Morgan fingerprint density at radius 2 is 1.85 bits per heavy atom. The van der Waals surface area contributed by atoms with E-state index in [1.807, 2.05) is 25.4 Å². The monoisotopic (exact) mass is 439 g/mol. The van der Waals surface area contributed by atoms with Crippen molar-refractivity contribution in [3.05, 3.63) is 78.2 Å². The van der Waals surface area contributed by atoms with Crippen molar-refractivity contribution in [1.82, 2.24) is 29.4 Å². The van der Waals surface area contributed by atoms with Gasteiger partial charge in [0.1, 0.15) is 11.3 Å². The number of methoxy groups -OCH3 is 1. The minimum atomic E-state index is -0.363. The molecule has 9 heteroatoms. The summed E-state index contributed by atoms with van der Waals surface area (Å²) in [5.41, 5.74) is 5.63. The fourth-order valence-electron chi connectivity index (χ4n) is 3.60. The summed E-state index contributed by atoms with van der Waals surface area (Å²) >= 11 is 0. The summed E-state index contributed by atoms with van der Waals surface area (Å²) in [6.45, 7) is 2.05. The number of nitrogens with zero attached hydrogens (tertiary/aromatic N) is 6. The second-order valence-corrected chi connectivity index (χ2v) is 7.59. The lowest BCUT2D eigenvalue weighted by Gasteiger charge is -2.05. The van der Waals surface area contributed by atoms with Gasteiger partial charge in [-0.25, -0.2) is 14.5 Å². The molecule has 5 aromatic rings. The molecule has 5 rings (SSSR count). The van der Waals surface area contributed by atoms with Gasteiger partial charge in [0.25, 0.3) is 5.91 Å². The van der Waals surface area contributed by atoms with Gasteiger partial charge in [-0.05, 0) is 31.2 Å². The van der Waals surface area contributed by atoms with Crippen molar-refractivity contribution >= 4 is 17.4 Å². The fourth-order valence-corrected chi connectivity index (χ4v) is 3.60. The Kier molecular flexibility index (Phi) is 5.06. The number of imidazole rings is 1. The molecule has 4 heterocycles. The van der Waals surface area contributed by atoms with Gasteiger partial charge in [0.15, 0.2) is 11.5 Å². The number of carbonyl (C=O) groups is 1. The molecule has 4 aromatic heterocycles. The molecule has 0 saturated heterocycles. The van der Waals surface area contributed by atoms with Crippen LogP contribution in [-0.2, 0) is 7.05 Å². The van der Waals surface area contributed by atoms with E-state index in [1.54, 1.807) is 33.7 Å². The molecular weight excluding hydrogens is 418 g/mol. The van der Waals surface area contributed by atoms with Crippen LogP contribution < -0.4 is 10.1 Å². The lowest BCUT2D eigenvalue weighted by Crippen LogP contribution is -2.13. The van der Waals surface area contributed by atoms with Gasteiger partial charge >= 0.3 is 0 Å². The first-order valence-corrected chi connectivity index (χ1v) is 10.3. The summed E-state index contributed by atoms with van der Waals surface area (Å²) in [6.07, 6.45) is 5.18. The van der Waals surface area contributed by atoms with E-state index in [0.717, 1.165) is 22.5 Å². The lowest BCUT2D eigenvalue weighted by molar-refractivity contribution is 0.102. The Morgan fingerprint density at radius 3 is 2.64 bits per heavy atom. The van der Waals surface area contributed by atoms with Gasteiger partial charge in [-0.1, -0.05) is 29.8 Å². The Balaban J connectivity index is 1.47. The predicted octanol–water partition coefficient (Wildman–Crippen LogP) is 3.76. The first-order chi connectivity index (χ1) is 16.0. The van der Waals surface area contributed by atoms with E-state index in [9.17, 15) is 4.79 Å². The topological polar surface area (TPSA) is 99.2 Å². The number of hydrogen-bond donors (Lipinski definition) is 1. The zero-order valence-electron chi connectivity index (χ0n) is 18.4. The summed E-state index contributed by atoms with van der Waals surface area (Å²) in [5.74, 6) is 0.261. The molecule has 9 nitrogen and oxygen atoms in total. The van der Waals surface area contributed by atoms with E-state index in [1.165, 1.54) is 12.7 Å². The summed E-state index contributed by atoms with van der Waals surface area (Å²) in [5, 5.41) is 12.1. The molecule has 0 unspecified atom stereocenters. The molecule has 0 saturated carbocycles. The van der Waals surface area contributed by atoms with E-state index in [0.29, 0.717) is 17.0 Å². The molecule has 0 aliphatic heterocycles. The quantitative estimate of drug-likeness (QED) is 0.448. The van der Waals surface area contributed by atoms with Crippen LogP contribution in [-0.4, -0.2) is 42.4 Å². The average Bonchev–Trinajstić information content (AvgIpc) is 3.41. The van der Waals surface area contributed by atoms with Crippen LogP contribution in [0.4, 0.5) is 5.82 Å². The number of fused-ring (bicyclic) bond motifs is 1. The van der Waals surface area contributed by atoms with Crippen molar-refractivity contribution in [3.8, 4) is 28.4 Å². The second kappa shape index (κ2) is 8.19. The number of aromatic nitrogens is 6. The average molecular weight is 439 g/mol. The van der Waals surface area contributed by atoms with Gasteiger partial charge in [-0.3, -0.25) is 9.48 Å². The van der Waals surface area contributed by atoms with Gasteiger partial charge in [0.05, 0.1) is 19.0 Å². The van der Waals surface area contributed by atoms with Crippen LogP contribution in [0.2, 0.25) is 0 Å². The highest BCUT2D eigenvalue weighted by molar-refractivity contribution is 6.05. The minimum Gasteiger partial charge on any atom is -0.480 e. The van der Waals surface area contributed by atoms with Crippen LogP contribution in [0, 0.1) is 6.92 Å². The van der Waals surface area contributed by atoms with Crippen LogP contribution in [0.25, 0.3) is 28.2 Å². The lowest BCUT2D eigenvalue weighted by atomic mass is 10.0. The maximum absolute atomic E-state index is 12.7. The van der Waals surface area contributed by atoms with Crippen molar-refractivity contribution in [1.29, 1.82) is 0 Å². The van der Waals surface area contributed by atoms with E-state index in [-0.39, 0.29) is 11.8 Å². The maximum Gasteiger partial charge on any atom is 0.262 e. The van der Waals surface area contributed by atoms with Crippen molar-refractivity contribution in [3.63, 3.8) is 0 Å². The number of aryl methyl sites for hydroxylation is 2. The molecule has 164 valence electrons. The van der Waals surface area contributed by atoms with Crippen LogP contribution in [0.15, 0.2) is 67.1 Å². The number of benzene rings is 1. The number of rotatable bonds is 5. The zero-order chi connectivity index (χ0) is 22.9. The summed E-state index contributed by atoms with van der Waals surface area (Å²) in [4.78, 5) is 21.2. The standard InChI is InChI=1S/C24H21N7O2/c1-15-6-8-16(9-7-15)22-18(13-30(2)29-22)19-10-11-21-26-20(14-31(21)28-19)27-23(32)17-5-4-12-25-24(17)33-3/h4-14H,1-3H3,(H,27,32). The maximum atomic E-state index is 12.7. The third kappa shape index (κ3) is 3.91. The molecule has 0 radical (unpaired) electrons. The van der Waals surface area contributed by atoms with Crippen molar-refractivity contribution in [2.75, 3.05) is 12.4 Å². The number of nitrogens with one attached hydrogen (secondary N) is 1. The largest absolute Gasteiger partial charge is 0.480 e. The normalized spacial score (nSPS) is 11.0. The van der Waals surface area contributed by atoms with Crippen LogP contribution in [0.3, 0.4) is 0 Å². The number of pyridine rings is 1. The highest BCUT2D eigenvalue weighted by atomic mass is 16.5. The van der Waals surface area contributed by atoms with Crippen molar-refractivity contribution in [2.45, 2.75) is 6.92 Å². The smallest absolute Gasteiger partial charge is 0.262 e. The van der Waals surface area contributed by atoms with Crippen molar-refractivity contribution < 1.29 is 9.53 Å². The van der Waals surface area contributed by atoms with Crippen LogP contribution >= 0.6 is 0 Å². The molecular formula is C24H21N7O2. The highest BCUT2D eigenvalue weighted by Crippen LogP contribution is 2.30. The zero-order valence-corrected chi connectivity index (χ0v) is 18.4. The number of amides is 1. The van der Waals surface area contributed by atoms with Crippen LogP contribution in [0.1, 0.15) is 15.9 Å². The molecule has 33 heavy (non-hydrogen) atoms. The van der Waals surface area contributed by atoms with Gasteiger partial charge in [0.2, 0.25) is 5.88 Å². The number of hydrogen-bond acceptors (Lipinski definition) is 6. The van der Waals surface area contributed by atoms with E-state index < -0.39 is 0 Å². The molecule has 0 fully saturated rings. The Labute approximate surface area is 189 Å². The second-order valence-electron chi connectivity index (χ2n) is 7.59. The third-order valence-electron chi connectivity index (χ3n) is 5.20. The molecule has 0 bridgehead atoms. The Hall–Kier alpha value is -4.53. The molecule has 0 atom stereocenters. The van der Waals surface area contributed by atoms with Gasteiger partial charge in [-0.2, -0.15) is 10.2 Å². The third-order valence-corrected chi connectivity index (χ3v) is 5.20. The summed E-state index contributed by atoms with van der Waals surface area (Å²) in [7, 11) is 3.36. The van der Waals surface area contributed by atoms with E-state index in [4.69, 9.17) is 9.84 Å². The molecule has 0 aliphatic carbocycles. The summed E-state index contributed by atoms with van der Waals surface area (Å²) in [6, 6.07) is 15.3. The first-order valence-electron chi connectivity index (χ1n) is 10.3. The molecule has 0 aliphatic rings. The number of ether oxygens (including phenoxy) is 1. The predicted molar refractivity (Wildman–Crippen MR) is 124 cm³/mol. The SMILES string of the molecule is COc1ncccc1C(=O)Nc1cn2nc(-c3cn(C)nc3-c3ccc(C)cc3)ccc2n1. The fraction of sp³-hybridized carbons (Fsp3) is 0.125. The highest BCUT2D eigenvalue weighted by Gasteiger charge is 2.17. The van der Waals surface area contributed by atoms with E-state index >= 15 is 0 Å². The van der Waals surface area contributed by atoms with Crippen molar-refractivity contribution in [2.24, 2.45) is 7.05 Å². The number of anilines is 1. The van der Waals surface area contributed by atoms with E-state index in [2.05, 4.69) is 51.6 Å². The van der Waals surface area contributed by atoms with Crippen LogP contribution in [0.5, 0.6) is 5.88 Å². The van der Waals surface area contributed by atoms with Gasteiger partial charge in [-0.15, -0.1) is 0 Å². The Bertz CT molecular complexity index is 1470. The minimum absolute atomic E-state index is 0.249. The molecule has 1 N–H and O–H groups in total. The molecule has 1 aromatic carbocycles. The molecule has 1 amide bonds. The molecule has 0 spiro atoms. The number of carbonyl (C=O) groups excluding carboxylic acids is 1.